The molecule has 27 heavy (non-hydrogen) atoms. The molecule has 5 heteroatoms. The summed E-state index contributed by atoms with van der Waals surface area (Å²) in [4.78, 5) is 12.1. The summed E-state index contributed by atoms with van der Waals surface area (Å²) in [5, 5.41) is 4.04. The number of methoxy groups -OCH3 is 1. The Labute approximate surface area is 159 Å². The third-order valence-corrected chi connectivity index (χ3v) is 4.34. The predicted molar refractivity (Wildman–Crippen MR) is 105 cm³/mol. The molecule has 3 aromatic rings. The summed E-state index contributed by atoms with van der Waals surface area (Å²) >= 11 is 0. The predicted octanol–water partition coefficient (Wildman–Crippen LogP) is 4.13. The molecule has 0 aliphatic rings. The van der Waals surface area contributed by atoms with Crippen LogP contribution in [-0.4, -0.2) is 26.2 Å². The number of para-hydroxylation sites is 1. The first-order valence-electron chi connectivity index (χ1n) is 9.23. The molecule has 1 amide bonds. The van der Waals surface area contributed by atoms with Crippen molar-refractivity contribution >= 4 is 16.9 Å². The minimum Gasteiger partial charge on any atom is -0.493 e. The van der Waals surface area contributed by atoms with Gasteiger partial charge in [-0.05, 0) is 43.2 Å². The van der Waals surface area contributed by atoms with Crippen LogP contribution < -0.4 is 14.8 Å². The highest BCUT2D eigenvalue weighted by Gasteiger charge is 2.08. The molecule has 0 saturated carbocycles. The first-order valence-corrected chi connectivity index (χ1v) is 9.23. The second kappa shape index (κ2) is 9.12. The monoisotopic (exact) mass is 367 g/mol. The van der Waals surface area contributed by atoms with Gasteiger partial charge in [-0.1, -0.05) is 24.3 Å². The highest BCUT2D eigenvalue weighted by molar-refractivity contribution is 5.78. The van der Waals surface area contributed by atoms with Crippen LogP contribution in [0, 0.1) is 0 Å². The minimum atomic E-state index is 0.0268. The van der Waals surface area contributed by atoms with Gasteiger partial charge in [-0.3, -0.25) is 4.79 Å². The van der Waals surface area contributed by atoms with E-state index in [-0.39, 0.29) is 5.91 Å². The van der Waals surface area contributed by atoms with Crippen LogP contribution in [-0.2, 0) is 17.6 Å². The summed E-state index contributed by atoms with van der Waals surface area (Å²) in [6.07, 6.45) is 1.76. The fraction of sp³-hybridized carbons (Fsp3) is 0.318. The zero-order valence-corrected chi connectivity index (χ0v) is 15.8. The van der Waals surface area contributed by atoms with Gasteiger partial charge in [0.25, 0.3) is 0 Å². The third kappa shape index (κ3) is 5.03. The van der Waals surface area contributed by atoms with Crippen molar-refractivity contribution in [1.29, 1.82) is 0 Å². The Morgan fingerprint density at radius 1 is 1.07 bits per heavy atom. The van der Waals surface area contributed by atoms with E-state index in [1.807, 2.05) is 55.5 Å². The Morgan fingerprint density at radius 2 is 1.93 bits per heavy atom. The molecular formula is C22H25NO4. The lowest BCUT2D eigenvalue weighted by Crippen LogP contribution is -2.25. The van der Waals surface area contributed by atoms with E-state index >= 15 is 0 Å². The summed E-state index contributed by atoms with van der Waals surface area (Å²) in [7, 11) is 1.62. The lowest BCUT2D eigenvalue weighted by molar-refractivity contribution is -0.121. The fourth-order valence-electron chi connectivity index (χ4n) is 2.97. The smallest absolute Gasteiger partial charge is 0.220 e. The number of carbonyl (C=O) groups is 1. The van der Waals surface area contributed by atoms with Gasteiger partial charge >= 0.3 is 0 Å². The van der Waals surface area contributed by atoms with Crippen LogP contribution in [0.3, 0.4) is 0 Å². The van der Waals surface area contributed by atoms with Crippen molar-refractivity contribution in [3.8, 4) is 11.5 Å². The van der Waals surface area contributed by atoms with E-state index in [9.17, 15) is 4.79 Å². The number of hydrogen-bond donors (Lipinski definition) is 1. The van der Waals surface area contributed by atoms with E-state index in [1.54, 1.807) is 7.11 Å². The summed E-state index contributed by atoms with van der Waals surface area (Å²) < 4.78 is 16.6. The van der Waals surface area contributed by atoms with E-state index in [1.165, 1.54) is 0 Å². The zero-order valence-electron chi connectivity index (χ0n) is 15.8. The molecule has 0 saturated heterocycles. The SMILES string of the molecule is CCOc1ccc(CCC(=O)NCCc2cc3ccccc3o2)cc1OC. The number of amides is 1. The molecule has 2 aromatic carbocycles. The molecule has 5 nitrogen and oxygen atoms in total. The Balaban J connectivity index is 1.45. The van der Waals surface area contributed by atoms with Crippen LogP contribution in [0.15, 0.2) is 52.9 Å². The average molecular weight is 367 g/mol. The number of hydrogen-bond acceptors (Lipinski definition) is 4. The number of rotatable bonds is 9. The van der Waals surface area contributed by atoms with Gasteiger partial charge in [0.05, 0.1) is 13.7 Å². The molecule has 0 radical (unpaired) electrons. The van der Waals surface area contributed by atoms with Crippen molar-refractivity contribution < 1.29 is 18.7 Å². The number of benzene rings is 2. The van der Waals surface area contributed by atoms with Gasteiger partial charge in [0, 0.05) is 24.8 Å². The molecule has 0 aliphatic heterocycles. The van der Waals surface area contributed by atoms with Crippen molar-refractivity contribution in [3.63, 3.8) is 0 Å². The lowest BCUT2D eigenvalue weighted by Gasteiger charge is -2.11. The van der Waals surface area contributed by atoms with E-state index in [4.69, 9.17) is 13.9 Å². The maximum absolute atomic E-state index is 12.1. The van der Waals surface area contributed by atoms with Crippen LogP contribution in [0.2, 0.25) is 0 Å². The third-order valence-electron chi connectivity index (χ3n) is 4.34. The number of nitrogens with one attached hydrogen (secondary N) is 1. The minimum absolute atomic E-state index is 0.0268. The van der Waals surface area contributed by atoms with Crippen LogP contribution in [0.25, 0.3) is 11.0 Å². The van der Waals surface area contributed by atoms with Gasteiger partial charge in [0.2, 0.25) is 5.91 Å². The highest BCUT2D eigenvalue weighted by Crippen LogP contribution is 2.28. The van der Waals surface area contributed by atoms with E-state index in [0.717, 1.165) is 28.0 Å². The first-order chi connectivity index (χ1) is 13.2. The number of aryl methyl sites for hydroxylation is 1. The lowest BCUT2D eigenvalue weighted by atomic mass is 10.1. The summed E-state index contributed by atoms with van der Waals surface area (Å²) in [5.74, 6) is 2.32. The molecule has 0 spiro atoms. The Kier molecular flexibility index (Phi) is 6.36. The first kappa shape index (κ1) is 18.8. The second-order valence-electron chi connectivity index (χ2n) is 6.27. The number of furan rings is 1. The van der Waals surface area contributed by atoms with Gasteiger partial charge in [-0.15, -0.1) is 0 Å². The zero-order chi connectivity index (χ0) is 19.1. The van der Waals surface area contributed by atoms with Crippen molar-refractivity contribution in [2.45, 2.75) is 26.2 Å². The molecular weight excluding hydrogens is 342 g/mol. The maximum Gasteiger partial charge on any atom is 0.220 e. The molecule has 3 rings (SSSR count). The molecule has 0 atom stereocenters. The second-order valence-corrected chi connectivity index (χ2v) is 6.27. The quantitative estimate of drug-likeness (QED) is 0.618. The van der Waals surface area contributed by atoms with Gasteiger partial charge in [-0.2, -0.15) is 0 Å². The molecule has 1 aromatic heterocycles. The molecule has 0 bridgehead atoms. The molecule has 0 unspecified atom stereocenters. The van der Waals surface area contributed by atoms with E-state index in [2.05, 4.69) is 5.32 Å². The largest absolute Gasteiger partial charge is 0.493 e. The fourth-order valence-corrected chi connectivity index (χ4v) is 2.97. The van der Waals surface area contributed by atoms with Crippen molar-refractivity contribution in [2.75, 3.05) is 20.3 Å². The number of carbonyl (C=O) groups excluding carboxylic acids is 1. The summed E-state index contributed by atoms with van der Waals surface area (Å²) in [5.41, 5.74) is 1.92. The molecule has 0 fully saturated rings. The van der Waals surface area contributed by atoms with Crippen molar-refractivity contribution in [1.82, 2.24) is 5.32 Å². The van der Waals surface area contributed by atoms with Crippen LogP contribution in [0.4, 0.5) is 0 Å². The molecule has 142 valence electrons. The van der Waals surface area contributed by atoms with E-state index < -0.39 is 0 Å². The Bertz CT molecular complexity index is 867. The number of fused-ring (bicyclic) bond motifs is 1. The van der Waals surface area contributed by atoms with Gasteiger partial charge in [0.15, 0.2) is 11.5 Å². The van der Waals surface area contributed by atoms with E-state index in [0.29, 0.717) is 38.2 Å². The van der Waals surface area contributed by atoms with Crippen LogP contribution in [0.5, 0.6) is 11.5 Å². The molecule has 0 aliphatic carbocycles. The molecule has 1 heterocycles. The van der Waals surface area contributed by atoms with Crippen LogP contribution in [0.1, 0.15) is 24.7 Å². The maximum atomic E-state index is 12.1. The summed E-state index contributed by atoms with van der Waals surface area (Å²) in [6, 6.07) is 15.7. The van der Waals surface area contributed by atoms with Gasteiger partial charge < -0.3 is 19.2 Å². The average Bonchev–Trinajstić information content (AvgIpc) is 3.10. The van der Waals surface area contributed by atoms with Gasteiger partial charge in [-0.25, -0.2) is 0 Å². The van der Waals surface area contributed by atoms with Crippen LogP contribution >= 0.6 is 0 Å². The topological polar surface area (TPSA) is 60.7 Å². The van der Waals surface area contributed by atoms with Gasteiger partial charge in [0.1, 0.15) is 11.3 Å². The van der Waals surface area contributed by atoms with Crippen molar-refractivity contribution in [2.24, 2.45) is 0 Å². The standard InChI is InChI=1S/C22H25NO4/c1-3-26-20-10-8-16(14-21(20)25-2)9-11-22(24)23-13-12-18-15-17-6-4-5-7-19(17)27-18/h4-8,10,14-15H,3,9,11-13H2,1-2H3,(H,23,24). The normalized spacial score (nSPS) is 10.7. The summed E-state index contributed by atoms with van der Waals surface area (Å²) in [6.45, 7) is 3.08. The Morgan fingerprint density at radius 3 is 2.70 bits per heavy atom. The Hall–Kier alpha value is -2.95. The molecule has 1 N–H and O–H groups in total. The highest BCUT2D eigenvalue weighted by atomic mass is 16.5. The van der Waals surface area contributed by atoms with Crippen molar-refractivity contribution in [3.05, 3.63) is 59.9 Å². The number of ether oxygens (including phenoxy) is 2.